The first kappa shape index (κ1) is 9.77. The number of carboxylic acid groups (broad SMARTS) is 1. The Labute approximate surface area is 63.0 Å². The zero-order valence-corrected chi connectivity index (χ0v) is 5.73. The second-order valence-corrected chi connectivity index (χ2v) is 1.73. The van der Waals surface area contributed by atoms with Crippen LogP contribution in [0.25, 0.3) is 0 Å². The summed E-state index contributed by atoms with van der Waals surface area (Å²) < 4.78 is 4.49. The molecule has 0 aliphatic rings. The Hall–Kier alpha value is -1.23. The van der Waals surface area contributed by atoms with E-state index in [1.165, 1.54) is 0 Å². The van der Waals surface area contributed by atoms with Crippen LogP contribution in [0, 0.1) is 0 Å². The minimum atomic E-state index is -1.24. The van der Waals surface area contributed by atoms with Gasteiger partial charge in [-0.3, -0.25) is 0 Å². The second-order valence-electron chi connectivity index (χ2n) is 1.73. The van der Waals surface area contributed by atoms with Crippen molar-refractivity contribution in [3.05, 3.63) is 0 Å². The number of ether oxygens (including phenoxy) is 1. The molecule has 11 heavy (non-hydrogen) atoms. The van der Waals surface area contributed by atoms with Gasteiger partial charge in [-0.05, 0) is 0 Å². The smallest absolute Gasteiger partial charge is 0.333 e. The molecule has 0 radical (unpaired) electrons. The van der Waals surface area contributed by atoms with E-state index >= 15 is 0 Å². The van der Waals surface area contributed by atoms with Crippen LogP contribution in [0.15, 0.2) is 0 Å². The van der Waals surface area contributed by atoms with E-state index in [9.17, 15) is 14.4 Å². The molecule has 1 N–H and O–H groups in total. The maximum atomic E-state index is 10.2. The Morgan fingerprint density at radius 2 is 2.09 bits per heavy atom. The van der Waals surface area contributed by atoms with Crippen LogP contribution < -0.4 is 0 Å². The predicted octanol–water partition coefficient (Wildman–Crippen LogP) is -0.756. The lowest BCUT2D eigenvalue weighted by molar-refractivity contribution is -0.152. The van der Waals surface area contributed by atoms with E-state index in [1.54, 1.807) is 0 Å². The SMILES string of the molecule is O=CCOC(CC=O)C(=O)O. The average Bonchev–Trinajstić information content (AvgIpc) is 1.97. The lowest BCUT2D eigenvalue weighted by atomic mass is 10.3. The molecule has 0 spiro atoms. The zero-order chi connectivity index (χ0) is 8.69. The van der Waals surface area contributed by atoms with Crippen LogP contribution in [-0.4, -0.2) is 36.4 Å². The maximum absolute atomic E-state index is 10.2. The first-order valence-electron chi connectivity index (χ1n) is 2.94. The summed E-state index contributed by atoms with van der Waals surface area (Å²) >= 11 is 0. The van der Waals surface area contributed by atoms with Crippen molar-refractivity contribution in [2.24, 2.45) is 0 Å². The number of rotatable bonds is 6. The van der Waals surface area contributed by atoms with Crippen molar-refractivity contribution >= 4 is 18.5 Å². The van der Waals surface area contributed by atoms with Crippen LogP contribution in [-0.2, 0) is 19.1 Å². The first-order chi connectivity index (χ1) is 5.22. The molecule has 0 fully saturated rings. The summed E-state index contributed by atoms with van der Waals surface area (Å²) in [4.78, 5) is 29.8. The quantitative estimate of drug-likeness (QED) is 0.517. The lowest BCUT2D eigenvalue weighted by Gasteiger charge is -2.06. The van der Waals surface area contributed by atoms with Crippen LogP contribution in [0.3, 0.4) is 0 Å². The Morgan fingerprint density at radius 3 is 2.45 bits per heavy atom. The van der Waals surface area contributed by atoms with Crippen molar-refractivity contribution in [2.75, 3.05) is 6.61 Å². The van der Waals surface area contributed by atoms with E-state index in [4.69, 9.17) is 5.11 Å². The third-order valence-electron chi connectivity index (χ3n) is 0.951. The highest BCUT2D eigenvalue weighted by Crippen LogP contribution is 1.94. The Bertz CT molecular complexity index is 153. The van der Waals surface area contributed by atoms with Gasteiger partial charge >= 0.3 is 5.97 Å². The number of hydrogen-bond donors (Lipinski definition) is 1. The Kier molecular flexibility index (Phi) is 4.93. The van der Waals surface area contributed by atoms with Gasteiger partial charge in [-0.1, -0.05) is 0 Å². The molecule has 0 aromatic carbocycles. The maximum Gasteiger partial charge on any atom is 0.333 e. The van der Waals surface area contributed by atoms with E-state index in [0.29, 0.717) is 12.6 Å². The number of carbonyl (C=O) groups excluding carboxylic acids is 2. The largest absolute Gasteiger partial charge is 0.479 e. The molecule has 0 aromatic rings. The third-order valence-corrected chi connectivity index (χ3v) is 0.951. The monoisotopic (exact) mass is 160 g/mol. The van der Waals surface area contributed by atoms with E-state index in [-0.39, 0.29) is 13.0 Å². The zero-order valence-electron chi connectivity index (χ0n) is 5.73. The molecular formula is C6H8O5. The van der Waals surface area contributed by atoms with Gasteiger partial charge in [-0.25, -0.2) is 4.79 Å². The molecule has 0 aromatic heterocycles. The van der Waals surface area contributed by atoms with Gasteiger partial charge < -0.3 is 19.4 Å². The minimum Gasteiger partial charge on any atom is -0.479 e. The van der Waals surface area contributed by atoms with E-state index in [2.05, 4.69) is 4.74 Å². The molecule has 0 aliphatic carbocycles. The number of aldehydes is 2. The lowest BCUT2D eigenvalue weighted by Crippen LogP contribution is -2.25. The van der Waals surface area contributed by atoms with Crippen molar-refractivity contribution in [3.63, 3.8) is 0 Å². The fourth-order valence-electron chi connectivity index (χ4n) is 0.483. The molecule has 0 bridgehead atoms. The van der Waals surface area contributed by atoms with Gasteiger partial charge in [0, 0.05) is 6.42 Å². The topological polar surface area (TPSA) is 80.7 Å². The van der Waals surface area contributed by atoms with Crippen LogP contribution in [0.2, 0.25) is 0 Å². The van der Waals surface area contributed by atoms with Crippen molar-refractivity contribution in [2.45, 2.75) is 12.5 Å². The Balaban J connectivity index is 3.77. The van der Waals surface area contributed by atoms with E-state index in [1.807, 2.05) is 0 Å². The number of carbonyl (C=O) groups is 3. The average molecular weight is 160 g/mol. The van der Waals surface area contributed by atoms with Crippen molar-refractivity contribution in [3.8, 4) is 0 Å². The first-order valence-corrected chi connectivity index (χ1v) is 2.94. The van der Waals surface area contributed by atoms with Gasteiger partial charge in [-0.15, -0.1) is 0 Å². The molecule has 5 heteroatoms. The Morgan fingerprint density at radius 1 is 1.45 bits per heavy atom. The molecular weight excluding hydrogens is 152 g/mol. The molecule has 0 saturated carbocycles. The highest BCUT2D eigenvalue weighted by Gasteiger charge is 2.16. The number of hydrogen-bond acceptors (Lipinski definition) is 4. The van der Waals surface area contributed by atoms with Gasteiger partial charge in [0.15, 0.2) is 6.10 Å². The predicted molar refractivity (Wildman–Crippen MR) is 34.1 cm³/mol. The molecule has 0 rings (SSSR count). The van der Waals surface area contributed by atoms with Crippen LogP contribution in [0.1, 0.15) is 6.42 Å². The third kappa shape index (κ3) is 4.21. The van der Waals surface area contributed by atoms with Crippen molar-refractivity contribution in [1.82, 2.24) is 0 Å². The molecule has 0 amide bonds. The number of aliphatic carboxylic acids is 1. The molecule has 1 atom stereocenters. The van der Waals surface area contributed by atoms with E-state index < -0.39 is 12.1 Å². The second kappa shape index (κ2) is 5.55. The van der Waals surface area contributed by atoms with Gasteiger partial charge in [-0.2, -0.15) is 0 Å². The highest BCUT2D eigenvalue weighted by atomic mass is 16.5. The fraction of sp³-hybridized carbons (Fsp3) is 0.500. The molecule has 62 valence electrons. The van der Waals surface area contributed by atoms with Crippen molar-refractivity contribution < 1.29 is 24.2 Å². The number of carboxylic acids is 1. The minimum absolute atomic E-state index is 0.233. The van der Waals surface area contributed by atoms with Crippen LogP contribution >= 0.6 is 0 Å². The van der Waals surface area contributed by atoms with E-state index in [0.717, 1.165) is 0 Å². The van der Waals surface area contributed by atoms with Gasteiger partial charge in [0.05, 0.1) is 0 Å². The van der Waals surface area contributed by atoms with Gasteiger partial charge in [0.1, 0.15) is 19.2 Å². The summed E-state index contributed by atoms with van der Waals surface area (Å²) in [5, 5.41) is 8.33. The van der Waals surface area contributed by atoms with Crippen LogP contribution in [0.4, 0.5) is 0 Å². The van der Waals surface area contributed by atoms with Crippen molar-refractivity contribution in [1.29, 1.82) is 0 Å². The normalized spacial score (nSPS) is 12.0. The van der Waals surface area contributed by atoms with Gasteiger partial charge in [0.2, 0.25) is 0 Å². The highest BCUT2D eigenvalue weighted by molar-refractivity contribution is 5.76. The fourth-order valence-corrected chi connectivity index (χ4v) is 0.483. The van der Waals surface area contributed by atoms with Gasteiger partial charge in [0.25, 0.3) is 0 Å². The molecule has 0 heterocycles. The molecule has 1 unspecified atom stereocenters. The summed E-state index contributed by atoms with van der Waals surface area (Å²) in [7, 11) is 0. The summed E-state index contributed by atoms with van der Waals surface area (Å²) in [5.74, 6) is -1.24. The molecule has 0 aliphatic heterocycles. The summed E-state index contributed by atoms with van der Waals surface area (Å²) in [6, 6.07) is 0. The summed E-state index contributed by atoms with van der Waals surface area (Å²) in [6.07, 6.45) is -0.564. The standard InChI is InChI=1S/C6H8O5/c7-2-1-5(6(9)10)11-4-3-8/h2-3,5H,1,4H2,(H,9,10). The van der Waals surface area contributed by atoms with Crippen LogP contribution in [0.5, 0.6) is 0 Å². The molecule has 0 saturated heterocycles. The molecule has 5 nitrogen and oxygen atoms in total. The summed E-state index contributed by atoms with van der Waals surface area (Å²) in [6.45, 7) is -0.301. The summed E-state index contributed by atoms with van der Waals surface area (Å²) in [5.41, 5.74) is 0.